The summed E-state index contributed by atoms with van der Waals surface area (Å²) in [5, 5.41) is 0.358. The van der Waals surface area contributed by atoms with Gasteiger partial charge in [-0.3, -0.25) is 4.31 Å². The number of benzene rings is 2. The van der Waals surface area contributed by atoms with Gasteiger partial charge in [-0.1, -0.05) is 11.6 Å². The molecule has 0 aliphatic rings. The number of rotatable bonds is 5. The zero-order valence-electron chi connectivity index (χ0n) is 13.7. The molecule has 3 aromatic rings. The number of hydrogen-bond acceptors (Lipinski definition) is 4. The van der Waals surface area contributed by atoms with E-state index in [1.165, 1.54) is 41.8 Å². The average Bonchev–Trinajstić information content (AvgIpc) is 3.05. The van der Waals surface area contributed by atoms with Gasteiger partial charge < -0.3 is 0 Å². The van der Waals surface area contributed by atoms with Crippen LogP contribution in [0.5, 0.6) is 0 Å². The fraction of sp³-hybridized carbons (Fsp3) is 0.118. The van der Waals surface area contributed by atoms with Gasteiger partial charge in [-0.15, -0.1) is 11.3 Å². The third-order valence-electron chi connectivity index (χ3n) is 3.77. The molecule has 0 saturated carbocycles. The zero-order valence-corrected chi connectivity index (χ0v) is 17.7. The van der Waals surface area contributed by atoms with Crippen LogP contribution in [0.3, 0.4) is 0 Å². The maximum Gasteiger partial charge on any atom is 0.264 e. The van der Waals surface area contributed by atoms with E-state index in [1.54, 1.807) is 6.92 Å². The summed E-state index contributed by atoms with van der Waals surface area (Å²) in [7, 11) is -4.22. The average molecular weight is 494 g/mol. The molecule has 0 spiro atoms. The lowest BCUT2D eigenvalue weighted by Gasteiger charge is -2.30. The Balaban J connectivity index is 2.20. The third kappa shape index (κ3) is 4.16. The van der Waals surface area contributed by atoms with Crippen LogP contribution in [0.25, 0.3) is 0 Å². The molecule has 1 atom stereocenters. The number of anilines is 1. The molecule has 0 N–H and O–H groups in total. The van der Waals surface area contributed by atoms with Crippen LogP contribution >= 0.6 is 38.9 Å². The van der Waals surface area contributed by atoms with Gasteiger partial charge >= 0.3 is 0 Å². The summed E-state index contributed by atoms with van der Waals surface area (Å²) in [6.07, 6.45) is 1.49. The lowest BCUT2D eigenvalue weighted by atomic mass is 10.2. The summed E-state index contributed by atoms with van der Waals surface area (Å²) in [5.74, 6) is -1.61. The molecule has 4 nitrogen and oxygen atoms in total. The van der Waals surface area contributed by atoms with Gasteiger partial charge in [0.2, 0.25) is 0 Å². The Morgan fingerprint density at radius 1 is 1.19 bits per heavy atom. The van der Waals surface area contributed by atoms with Crippen LogP contribution in [0, 0.1) is 11.6 Å². The van der Waals surface area contributed by atoms with Crippen LogP contribution in [0.15, 0.2) is 57.5 Å². The number of hydrogen-bond donors (Lipinski definition) is 0. The molecule has 1 heterocycles. The van der Waals surface area contributed by atoms with Crippen molar-refractivity contribution in [2.45, 2.75) is 17.9 Å². The molecule has 0 aliphatic carbocycles. The minimum Gasteiger partial charge on any atom is -0.255 e. The van der Waals surface area contributed by atoms with Crippen LogP contribution in [0.2, 0.25) is 5.02 Å². The standard InChI is InChI=1S/C17H12BrClF2N2O2S2/c1-10(16-9-22-17(18)26-16)23(15-8-12(20)4-7-14(15)21)27(24,25)13-5-2-11(19)3-6-13/h2-10H,1H3. The number of sulfonamides is 1. The topological polar surface area (TPSA) is 50.3 Å². The smallest absolute Gasteiger partial charge is 0.255 e. The second-order valence-corrected chi connectivity index (χ2v) is 10.1. The lowest BCUT2D eigenvalue weighted by Crippen LogP contribution is -2.34. The van der Waals surface area contributed by atoms with E-state index in [0.29, 0.717) is 13.8 Å². The third-order valence-corrected chi connectivity index (χ3v) is 7.57. The van der Waals surface area contributed by atoms with E-state index in [1.807, 2.05) is 0 Å². The molecule has 0 bridgehead atoms. The van der Waals surface area contributed by atoms with Crippen LogP contribution < -0.4 is 4.31 Å². The number of halogens is 4. The molecule has 3 rings (SSSR count). The van der Waals surface area contributed by atoms with Crippen molar-refractivity contribution < 1.29 is 17.2 Å². The van der Waals surface area contributed by atoms with Crippen molar-refractivity contribution >= 4 is 54.6 Å². The van der Waals surface area contributed by atoms with Gasteiger partial charge in [-0.25, -0.2) is 22.2 Å². The van der Waals surface area contributed by atoms with Crippen molar-refractivity contribution in [3.8, 4) is 0 Å². The molecule has 0 radical (unpaired) electrons. The molecule has 2 aromatic carbocycles. The van der Waals surface area contributed by atoms with Crippen molar-refractivity contribution in [3.63, 3.8) is 0 Å². The first-order valence-corrected chi connectivity index (χ1v) is 11.0. The van der Waals surface area contributed by atoms with Crippen LogP contribution in [0.4, 0.5) is 14.5 Å². The summed E-state index contributed by atoms with van der Waals surface area (Å²) in [6, 6.07) is 7.32. The molecule has 142 valence electrons. The molecule has 0 aliphatic heterocycles. The van der Waals surface area contributed by atoms with Gasteiger partial charge in [-0.2, -0.15) is 0 Å². The normalized spacial score (nSPS) is 12.8. The summed E-state index contributed by atoms with van der Waals surface area (Å²) >= 11 is 10.3. The van der Waals surface area contributed by atoms with Crippen LogP contribution in [0.1, 0.15) is 17.8 Å². The highest BCUT2D eigenvalue weighted by molar-refractivity contribution is 9.11. The van der Waals surface area contributed by atoms with Crippen LogP contribution in [-0.4, -0.2) is 13.4 Å². The van der Waals surface area contributed by atoms with Crippen molar-refractivity contribution in [1.29, 1.82) is 0 Å². The highest BCUT2D eigenvalue weighted by atomic mass is 79.9. The fourth-order valence-corrected chi connectivity index (χ4v) is 5.67. The molecule has 27 heavy (non-hydrogen) atoms. The predicted octanol–water partition coefficient (Wildman–Crippen LogP) is 5.79. The molecule has 0 fully saturated rings. The Hall–Kier alpha value is -1.55. The second kappa shape index (κ2) is 7.83. The molecular formula is C17H12BrClF2N2O2S2. The molecule has 1 unspecified atom stereocenters. The maximum atomic E-state index is 14.5. The van der Waals surface area contributed by atoms with Crippen LogP contribution in [-0.2, 0) is 10.0 Å². The summed E-state index contributed by atoms with van der Waals surface area (Å²) in [4.78, 5) is 4.52. The Morgan fingerprint density at radius 3 is 2.44 bits per heavy atom. The first kappa shape index (κ1) is 20.2. The highest BCUT2D eigenvalue weighted by Gasteiger charge is 2.33. The van der Waals surface area contributed by atoms with E-state index < -0.39 is 27.7 Å². The van der Waals surface area contributed by atoms with E-state index in [-0.39, 0.29) is 10.6 Å². The zero-order chi connectivity index (χ0) is 19.8. The Kier molecular flexibility index (Phi) is 5.85. The molecule has 1 aromatic heterocycles. The molecule has 10 heteroatoms. The number of nitrogens with zero attached hydrogens (tertiary/aromatic N) is 2. The number of thiazole rings is 1. The second-order valence-electron chi connectivity index (χ2n) is 5.54. The SMILES string of the molecule is CC(c1cnc(Br)s1)N(c1cc(F)ccc1F)S(=O)(=O)c1ccc(Cl)cc1. The van der Waals surface area contributed by atoms with Crippen molar-refractivity contribution in [3.05, 3.63) is 74.1 Å². The molecule has 0 amide bonds. The van der Waals surface area contributed by atoms with E-state index in [2.05, 4.69) is 20.9 Å². The van der Waals surface area contributed by atoms with E-state index in [0.717, 1.165) is 22.5 Å². The molecular weight excluding hydrogens is 482 g/mol. The van der Waals surface area contributed by atoms with Gasteiger partial charge in [0.1, 0.15) is 11.6 Å². The summed E-state index contributed by atoms with van der Waals surface area (Å²) < 4.78 is 56.3. The van der Waals surface area contributed by atoms with Gasteiger partial charge in [0.25, 0.3) is 10.0 Å². The number of aromatic nitrogens is 1. The van der Waals surface area contributed by atoms with E-state index >= 15 is 0 Å². The van der Waals surface area contributed by atoms with Crippen molar-refractivity contribution in [2.24, 2.45) is 0 Å². The van der Waals surface area contributed by atoms with Gasteiger partial charge in [0, 0.05) is 22.2 Å². The monoisotopic (exact) mass is 492 g/mol. The first-order valence-electron chi connectivity index (χ1n) is 7.56. The minimum atomic E-state index is -4.22. The molecule has 0 saturated heterocycles. The summed E-state index contributed by atoms with van der Waals surface area (Å²) in [5.41, 5.74) is -0.387. The Labute approximate surface area is 172 Å². The fourth-order valence-electron chi connectivity index (χ4n) is 2.49. The maximum absolute atomic E-state index is 14.5. The quantitative estimate of drug-likeness (QED) is 0.452. The Morgan fingerprint density at radius 2 is 1.85 bits per heavy atom. The first-order chi connectivity index (χ1) is 12.7. The van der Waals surface area contributed by atoms with E-state index in [9.17, 15) is 17.2 Å². The Bertz CT molecular complexity index is 1070. The summed E-state index contributed by atoms with van der Waals surface area (Å²) in [6.45, 7) is 1.58. The van der Waals surface area contributed by atoms with Crippen molar-refractivity contribution in [2.75, 3.05) is 4.31 Å². The largest absolute Gasteiger partial charge is 0.264 e. The van der Waals surface area contributed by atoms with Crippen molar-refractivity contribution in [1.82, 2.24) is 4.98 Å². The highest BCUT2D eigenvalue weighted by Crippen LogP contribution is 2.37. The minimum absolute atomic E-state index is 0.0917. The van der Waals surface area contributed by atoms with Gasteiger partial charge in [-0.05, 0) is 59.3 Å². The lowest BCUT2D eigenvalue weighted by molar-refractivity contribution is 0.571. The predicted molar refractivity (Wildman–Crippen MR) is 106 cm³/mol. The van der Waals surface area contributed by atoms with Gasteiger partial charge in [0.05, 0.1) is 16.6 Å². The van der Waals surface area contributed by atoms with Gasteiger partial charge in [0.15, 0.2) is 3.92 Å². The van der Waals surface area contributed by atoms with E-state index in [4.69, 9.17) is 11.6 Å².